The minimum atomic E-state index is -0.335. The summed E-state index contributed by atoms with van der Waals surface area (Å²) in [5, 5.41) is -0.312. The molecule has 2 aromatic carbocycles. The van der Waals surface area contributed by atoms with Crippen LogP contribution in [0.15, 0.2) is 53.4 Å². The molecule has 0 aromatic heterocycles. The second kappa shape index (κ2) is 7.87. The van der Waals surface area contributed by atoms with Gasteiger partial charge >= 0.3 is 0 Å². The highest BCUT2D eigenvalue weighted by molar-refractivity contribution is 8.19. The van der Waals surface area contributed by atoms with Crippen molar-refractivity contribution in [2.24, 2.45) is 0 Å². The van der Waals surface area contributed by atoms with Gasteiger partial charge in [0.2, 0.25) is 0 Å². The molecule has 0 spiro atoms. The van der Waals surface area contributed by atoms with Crippen molar-refractivity contribution < 1.29 is 14.0 Å². The standard InChI is InChI=1S/C21H20FNO2S/c1-3-4-5-15-6-12-18(13-7-15)23-20(24)19(26-21(23)25)14(2)16-8-10-17(22)11-9-16/h6-13H,3-5H2,1-2H3/b19-14-. The van der Waals surface area contributed by atoms with E-state index < -0.39 is 0 Å². The quantitative estimate of drug-likeness (QED) is 0.625. The predicted molar refractivity (Wildman–Crippen MR) is 105 cm³/mol. The van der Waals surface area contributed by atoms with Gasteiger partial charge in [0.25, 0.3) is 11.1 Å². The van der Waals surface area contributed by atoms with Crippen LogP contribution in [0.3, 0.4) is 0 Å². The normalized spacial score (nSPS) is 16.3. The van der Waals surface area contributed by atoms with Gasteiger partial charge in [-0.1, -0.05) is 37.6 Å². The van der Waals surface area contributed by atoms with Crippen molar-refractivity contribution in [1.82, 2.24) is 0 Å². The van der Waals surface area contributed by atoms with Crippen LogP contribution in [-0.4, -0.2) is 11.1 Å². The van der Waals surface area contributed by atoms with Crippen molar-refractivity contribution in [3.8, 4) is 0 Å². The Bertz CT molecular complexity index is 857. The summed E-state index contributed by atoms with van der Waals surface area (Å²) in [5.74, 6) is -0.666. The number of nitrogens with zero attached hydrogens (tertiary/aromatic N) is 1. The summed E-state index contributed by atoms with van der Waals surface area (Å²) >= 11 is 0.925. The summed E-state index contributed by atoms with van der Waals surface area (Å²) in [4.78, 5) is 26.8. The van der Waals surface area contributed by atoms with Crippen LogP contribution in [0, 0.1) is 5.82 Å². The molecular formula is C21H20FNO2S. The zero-order chi connectivity index (χ0) is 18.7. The van der Waals surface area contributed by atoms with Gasteiger partial charge in [-0.2, -0.15) is 0 Å². The number of anilines is 1. The monoisotopic (exact) mass is 369 g/mol. The first kappa shape index (κ1) is 18.4. The maximum atomic E-state index is 13.1. The van der Waals surface area contributed by atoms with Crippen LogP contribution in [0.1, 0.15) is 37.8 Å². The van der Waals surface area contributed by atoms with Crippen LogP contribution in [0.2, 0.25) is 0 Å². The number of hydrogen-bond donors (Lipinski definition) is 0. The van der Waals surface area contributed by atoms with Gasteiger partial charge < -0.3 is 0 Å². The SMILES string of the molecule is CCCCc1ccc(N2C(=O)S/C(=C(/C)c3ccc(F)cc3)C2=O)cc1. The topological polar surface area (TPSA) is 37.4 Å². The molecular weight excluding hydrogens is 349 g/mol. The number of hydrogen-bond acceptors (Lipinski definition) is 3. The van der Waals surface area contributed by atoms with Crippen LogP contribution >= 0.6 is 11.8 Å². The summed E-state index contributed by atoms with van der Waals surface area (Å²) in [5.41, 5.74) is 3.18. The number of thioether (sulfide) groups is 1. The van der Waals surface area contributed by atoms with Gasteiger partial charge in [0.05, 0.1) is 10.6 Å². The van der Waals surface area contributed by atoms with E-state index in [2.05, 4.69) is 6.92 Å². The van der Waals surface area contributed by atoms with E-state index in [1.165, 1.54) is 22.6 Å². The number of benzene rings is 2. The molecule has 2 aromatic rings. The number of carbonyl (C=O) groups is 2. The average Bonchev–Trinajstić information content (AvgIpc) is 2.95. The molecule has 0 saturated carbocycles. The lowest BCUT2D eigenvalue weighted by Crippen LogP contribution is -2.27. The Morgan fingerprint density at radius 1 is 1.04 bits per heavy atom. The van der Waals surface area contributed by atoms with E-state index in [4.69, 9.17) is 0 Å². The number of unbranched alkanes of at least 4 members (excludes halogenated alkanes) is 1. The molecule has 1 fully saturated rings. The Balaban J connectivity index is 1.86. The number of allylic oxidation sites excluding steroid dienone is 1. The van der Waals surface area contributed by atoms with Crippen molar-refractivity contribution in [3.05, 3.63) is 70.4 Å². The lowest BCUT2D eigenvalue weighted by molar-refractivity contribution is -0.113. The fraction of sp³-hybridized carbons (Fsp3) is 0.238. The van der Waals surface area contributed by atoms with Crippen LogP contribution in [0.4, 0.5) is 14.9 Å². The molecule has 1 aliphatic heterocycles. The molecule has 0 atom stereocenters. The number of carbonyl (C=O) groups excluding carboxylic acids is 2. The van der Waals surface area contributed by atoms with E-state index in [9.17, 15) is 14.0 Å². The molecule has 3 rings (SSSR count). The summed E-state index contributed by atoms with van der Waals surface area (Å²) < 4.78 is 13.1. The Labute approximate surface area is 156 Å². The van der Waals surface area contributed by atoms with Crippen LogP contribution in [-0.2, 0) is 11.2 Å². The fourth-order valence-corrected chi connectivity index (χ4v) is 3.75. The maximum Gasteiger partial charge on any atom is 0.298 e. The van der Waals surface area contributed by atoms with E-state index in [1.54, 1.807) is 19.1 Å². The van der Waals surface area contributed by atoms with Gasteiger partial charge in [0.1, 0.15) is 5.82 Å². The molecule has 5 heteroatoms. The number of halogens is 1. The van der Waals surface area contributed by atoms with Crippen molar-refractivity contribution in [2.45, 2.75) is 33.1 Å². The number of imide groups is 1. The van der Waals surface area contributed by atoms with Gasteiger partial charge in [-0.3, -0.25) is 9.59 Å². The number of rotatable bonds is 5. The highest BCUT2D eigenvalue weighted by atomic mass is 32.2. The largest absolute Gasteiger partial charge is 0.298 e. The third-order valence-corrected chi connectivity index (χ3v) is 5.44. The molecule has 1 heterocycles. The molecule has 0 unspecified atom stereocenters. The summed E-state index contributed by atoms with van der Waals surface area (Å²) in [7, 11) is 0. The highest BCUT2D eigenvalue weighted by Gasteiger charge is 2.37. The van der Waals surface area contributed by atoms with Crippen molar-refractivity contribution >= 4 is 34.2 Å². The Hall–Kier alpha value is -2.40. The van der Waals surface area contributed by atoms with Crippen LogP contribution in [0.5, 0.6) is 0 Å². The van der Waals surface area contributed by atoms with Gasteiger partial charge in [-0.25, -0.2) is 9.29 Å². The zero-order valence-electron chi connectivity index (χ0n) is 14.8. The molecule has 0 radical (unpaired) electrons. The summed E-state index contributed by atoms with van der Waals surface area (Å²) in [6.07, 6.45) is 3.22. The molecule has 1 aliphatic rings. The van der Waals surface area contributed by atoms with Crippen molar-refractivity contribution in [1.29, 1.82) is 0 Å². The first-order valence-electron chi connectivity index (χ1n) is 8.63. The zero-order valence-corrected chi connectivity index (χ0v) is 15.6. The van der Waals surface area contributed by atoms with E-state index in [0.717, 1.165) is 36.6 Å². The number of amides is 2. The lowest BCUT2D eigenvalue weighted by Gasteiger charge is -2.13. The van der Waals surface area contributed by atoms with Crippen molar-refractivity contribution in [2.75, 3.05) is 4.90 Å². The molecule has 0 bridgehead atoms. The smallest absolute Gasteiger partial charge is 0.268 e. The fourth-order valence-electron chi connectivity index (χ4n) is 2.84. The highest BCUT2D eigenvalue weighted by Crippen LogP contribution is 2.38. The van der Waals surface area contributed by atoms with Crippen LogP contribution < -0.4 is 4.90 Å². The second-order valence-electron chi connectivity index (χ2n) is 6.24. The van der Waals surface area contributed by atoms with Gasteiger partial charge in [0.15, 0.2) is 0 Å². The molecule has 1 saturated heterocycles. The molecule has 2 amide bonds. The molecule has 0 N–H and O–H groups in total. The third kappa shape index (κ3) is 3.73. The predicted octanol–water partition coefficient (Wildman–Crippen LogP) is 5.80. The summed E-state index contributed by atoms with van der Waals surface area (Å²) in [6, 6.07) is 13.5. The van der Waals surface area contributed by atoms with E-state index in [-0.39, 0.29) is 17.0 Å². The first-order valence-corrected chi connectivity index (χ1v) is 9.45. The summed E-state index contributed by atoms with van der Waals surface area (Å²) in [6.45, 7) is 3.92. The molecule has 134 valence electrons. The Morgan fingerprint density at radius 3 is 2.31 bits per heavy atom. The van der Waals surface area contributed by atoms with Gasteiger partial charge in [-0.15, -0.1) is 0 Å². The molecule has 0 aliphatic carbocycles. The van der Waals surface area contributed by atoms with Crippen molar-refractivity contribution in [3.63, 3.8) is 0 Å². The maximum absolute atomic E-state index is 13.1. The van der Waals surface area contributed by atoms with E-state index >= 15 is 0 Å². The van der Waals surface area contributed by atoms with Crippen LogP contribution in [0.25, 0.3) is 5.57 Å². The Morgan fingerprint density at radius 2 is 1.69 bits per heavy atom. The second-order valence-corrected chi connectivity index (χ2v) is 7.20. The van der Waals surface area contributed by atoms with E-state index in [0.29, 0.717) is 16.2 Å². The number of aryl methyl sites for hydroxylation is 1. The average molecular weight is 369 g/mol. The minimum Gasteiger partial charge on any atom is -0.268 e. The first-order chi connectivity index (χ1) is 12.5. The van der Waals surface area contributed by atoms with E-state index in [1.807, 2.05) is 24.3 Å². The molecule has 3 nitrogen and oxygen atoms in total. The molecule has 26 heavy (non-hydrogen) atoms. The minimum absolute atomic E-state index is 0.312. The lowest BCUT2D eigenvalue weighted by atomic mass is 10.1. The van der Waals surface area contributed by atoms with Gasteiger partial charge in [-0.05, 0) is 72.5 Å². The Kier molecular flexibility index (Phi) is 5.57. The third-order valence-electron chi connectivity index (χ3n) is 4.40. The van der Waals surface area contributed by atoms with Gasteiger partial charge in [0, 0.05) is 0 Å².